The quantitative estimate of drug-likeness (QED) is 0.544. The molecule has 0 bridgehead atoms. The first-order valence-corrected chi connectivity index (χ1v) is 7.76. The Hall–Kier alpha value is -1.27. The van der Waals surface area contributed by atoms with Crippen molar-refractivity contribution in [2.45, 2.75) is 6.04 Å². The van der Waals surface area contributed by atoms with Crippen LogP contribution < -0.4 is 11.3 Å². The molecule has 0 fully saturated rings. The largest absolute Gasteiger partial charge is 0.271 e. The Kier molecular flexibility index (Phi) is 3.85. The first kappa shape index (κ1) is 13.7. The van der Waals surface area contributed by atoms with Crippen LogP contribution in [0.1, 0.15) is 17.2 Å². The Balaban J connectivity index is 2.17. The van der Waals surface area contributed by atoms with Crippen molar-refractivity contribution in [2.24, 2.45) is 5.84 Å². The number of halogens is 2. The predicted octanol–water partition coefficient (Wildman–Crippen LogP) is 4.36. The van der Waals surface area contributed by atoms with Gasteiger partial charge in [0.2, 0.25) is 0 Å². The maximum atomic E-state index is 14.3. The molecule has 102 valence electrons. The van der Waals surface area contributed by atoms with E-state index < -0.39 is 0 Å². The minimum Gasteiger partial charge on any atom is -0.271 e. The molecule has 2 aromatic carbocycles. The number of benzene rings is 2. The van der Waals surface area contributed by atoms with Gasteiger partial charge in [-0.1, -0.05) is 30.3 Å². The number of thiophene rings is 1. The van der Waals surface area contributed by atoms with Crippen molar-refractivity contribution >= 4 is 37.4 Å². The minimum atomic E-state index is -0.372. The molecule has 1 unspecified atom stereocenters. The summed E-state index contributed by atoms with van der Waals surface area (Å²) in [5, 5.41) is 3.12. The molecule has 0 amide bonds. The second-order valence-corrected chi connectivity index (χ2v) is 6.20. The fourth-order valence-corrected chi connectivity index (χ4v) is 3.68. The number of nitrogens with two attached hydrogens (primary N) is 1. The molecule has 0 radical (unpaired) electrons. The van der Waals surface area contributed by atoms with Crippen LogP contribution in [0.4, 0.5) is 4.39 Å². The van der Waals surface area contributed by atoms with Crippen molar-refractivity contribution in [3.8, 4) is 0 Å². The molecule has 5 heteroatoms. The Morgan fingerprint density at radius 1 is 1.10 bits per heavy atom. The van der Waals surface area contributed by atoms with Crippen LogP contribution in [0, 0.1) is 5.82 Å². The van der Waals surface area contributed by atoms with Gasteiger partial charge in [0.25, 0.3) is 0 Å². The third kappa shape index (κ3) is 2.27. The fraction of sp³-hybridized carbons (Fsp3) is 0.0667. The molecule has 0 saturated heterocycles. The topological polar surface area (TPSA) is 38.0 Å². The summed E-state index contributed by atoms with van der Waals surface area (Å²) in [4.78, 5) is 0. The summed E-state index contributed by atoms with van der Waals surface area (Å²) in [6.07, 6.45) is 0. The predicted molar refractivity (Wildman–Crippen MR) is 85.1 cm³/mol. The third-order valence-electron chi connectivity index (χ3n) is 3.28. The van der Waals surface area contributed by atoms with Crippen molar-refractivity contribution in [1.29, 1.82) is 0 Å². The van der Waals surface area contributed by atoms with E-state index in [1.165, 1.54) is 0 Å². The number of rotatable bonds is 3. The lowest BCUT2D eigenvalue weighted by atomic mass is 9.98. The summed E-state index contributed by atoms with van der Waals surface area (Å²) in [5.74, 6) is 5.39. The molecule has 0 saturated carbocycles. The molecule has 0 aliphatic heterocycles. The van der Waals surface area contributed by atoms with Gasteiger partial charge in [-0.15, -0.1) is 11.3 Å². The minimum absolute atomic E-state index is 0.286. The van der Waals surface area contributed by atoms with Crippen LogP contribution in [0.15, 0.2) is 52.3 Å². The Labute approximate surface area is 128 Å². The van der Waals surface area contributed by atoms with Gasteiger partial charge in [-0.05, 0) is 44.4 Å². The Morgan fingerprint density at radius 3 is 2.70 bits per heavy atom. The smallest absolute Gasteiger partial charge is 0.142 e. The summed E-state index contributed by atoms with van der Waals surface area (Å²) >= 11 is 4.85. The first-order chi connectivity index (χ1) is 9.72. The van der Waals surface area contributed by atoms with Crippen LogP contribution >= 0.6 is 27.3 Å². The van der Waals surface area contributed by atoms with Gasteiger partial charge in [-0.25, -0.2) is 9.82 Å². The van der Waals surface area contributed by atoms with Gasteiger partial charge < -0.3 is 0 Å². The monoisotopic (exact) mass is 350 g/mol. The average molecular weight is 351 g/mol. The SMILES string of the molecule is NNC(c1cccc(Br)c1F)c1csc2ccccc12. The van der Waals surface area contributed by atoms with Gasteiger partial charge >= 0.3 is 0 Å². The van der Waals surface area contributed by atoms with Crippen LogP contribution in [-0.4, -0.2) is 0 Å². The molecule has 20 heavy (non-hydrogen) atoms. The Morgan fingerprint density at radius 2 is 1.90 bits per heavy atom. The lowest BCUT2D eigenvalue weighted by Crippen LogP contribution is -2.29. The number of fused-ring (bicyclic) bond motifs is 1. The molecule has 0 aliphatic rings. The van der Waals surface area contributed by atoms with E-state index in [-0.39, 0.29) is 11.9 Å². The molecular formula is C15H12BrFN2S. The van der Waals surface area contributed by atoms with Crippen LogP contribution in [0.5, 0.6) is 0 Å². The lowest BCUT2D eigenvalue weighted by Gasteiger charge is -2.17. The molecular weight excluding hydrogens is 339 g/mol. The highest BCUT2D eigenvalue weighted by atomic mass is 79.9. The summed E-state index contributed by atoms with van der Waals surface area (Å²) < 4.78 is 15.9. The molecule has 0 spiro atoms. The van der Waals surface area contributed by atoms with Crippen LogP contribution in [-0.2, 0) is 0 Å². The van der Waals surface area contributed by atoms with Gasteiger partial charge in [0.1, 0.15) is 5.82 Å². The molecule has 1 atom stereocenters. The number of hydrazine groups is 1. The second kappa shape index (κ2) is 5.61. The van der Waals surface area contributed by atoms with Crippen molar-refractivity contribution in [1.82, 2.24) is 5.43 Å². The van der Waals surface area contributed by atoms with Gasteiger partial charge in [0, 0.05) is 10.3 Å². The van der Waals surface area contributed by atoms with Crippen LogP contribution in [0.2, 0.25) is 0 Å². The first-order valence-electron chi connectivity index (χ1n) is 6.08. The molecule has 3 aromatic rings. The zero-order valence-electron chi connectivity index (χ0n) is 10.4. The van der Waals surface area contributed by atoms with Crippen LogP contribution in [0.3, 0.4) is 0 Å². The van der Waals surface area contributed by atoms with Crippen molar-refractivity contribution in [2.75, 3.05) is 0 Å². The van der Waals surface area contributed by atoms with Crippen molar-refractivity contribution < 1.29 is 4.39 Å². The van der Waals surface area contributed by atoms with E-state index in [2.05, 4.69) is 21.4 Å². The van der Waals surface area contributed by atoms with Crippen molar-refractivity contribution in [3.63, 3.8) is 0 Å². The van der Waals surface area contributed by atoms with E-state index in [4.69, 9.17) is 5.84 Å². The van der Waals surface area contributed by atoms with E-state index in [0.29, 0.717) is 10.0 Å². The summed E-state index contributed by atoms with van der Waals surface area (Å²) in [6, 6.07) is 12.9. The highest BCUT2D eigenvalue weighted by molar-refractivity contribution is 9.10. The van der Waals surface area contributed by atoms with Gasteiger partial charge in [-0.2, -0.15) is 0 Å². The summed E-state index contributed by atoms with van der Waals surface area (Å²) in [6.45, 7) is 0. The molecule has 1 aromatic heterocycles. The average Bonchev–Trinajstić information content (AvgIpc) is 2.88. The normalized spacial score (nSPS) is 12.8. The molecule has 1 heterocycles. The van der Waals surface area contributed by atoms with Gasteiger partial charge in [0.05, 0.1) is 10.5 Å². The second-order valence-electron chi connectivity index (χ2n) is 4.43. The molecule has 3 N–H and O–H groups in total. The van der Waals surface area contributed by atoms with E-state index in [9.17, 15) is 4.39 Å². The number of hydrogen-bond acceptors (Lipinski definition) is 3. The maximum Gasteiger partial charge on any atom is 0.142 e. The highest BCUT2D eigenvalue weighted by Crippen LogP contribution is 2.35. The third-order valence-corrected chi connectivity index (χ3v) is 4.88. The van der Waals surface area contributed by atoms with Gasteiger partial charge in [-0.3, -0.25) is 5.84 Å². The Bertz CT molecular complexity index is 756. The maximum absolute atomic E-state index is 14.3. The van der Waals surface area contributed by atoms with E-state index in [1.807, 2.05) is 29.6 Å². The van der Waals surface area contributed by atoms with E-state index in [1.54, 1.807) is 29.5 Å². The number of hydrogen-bond donors (Lipinski definition) is 2. The molecule has 3 rings (SSSR count). The fourth-order valence-electron chi connectivity index (χ4n) is 2.31. The van der Waals surface area contributed by atoms with E-state index in [0.717, 1.165) is 15.6 Å². The standard InChI is InChI=1S/C15H12BrFN2S/c16-12-6-3-5-10(14(12)17)15(19-18)11-8-20-13-7-2-1-4-9(11)13/h1-8,15,19H,18H2. The van der Waals surface area contributed by atoms with E-state index >= 15 is 0 Å². The zero-order chi connectivity index (χ0) is 14.1. The van der Waals surface area contributed by atoms with Crippen LogP contribution in [0.25, 0.3) is 10.1 Å². The number of nitrogens with one attached hydrogen (secondary N) is 1. The summed E-state index contributed by atoms with van der Waals surface area (Å²) in [7, 11) is 0. The highest BCUT2D eigenvalue weighted by Gasteiger charge is 2.20. The lowest BCUT2D eigenvalue weighted by molar-refractivity contribution is 0.558. The zero-order valence-corrected chi connectivity index (χ0v) is 12.8. The molecule has 2 nitrogen and oxygen atoms in total. The van der Waals surface area contributed by atoms with Crippen molar-refractivity contribution in [3.05, 3.63) is 69.3 Å². The summed E-state index contributed by atoms with van der Waals surface area (Å²) in [5.41, 5.74) is 4.25. The van der Waals surface area contributed by atoms with Gasteiger partial charge in [0.15, 0.2) is 0 Å². The molecule has 0 aliphatic carbocycles.